The number of benzene rings is 2. The van der Waals surface area contributed by atoms with Crippen LogP contribution >= 0.6 is 0 Å². The summed E-state index contributed by atoms with van der Waals surface area (Å²) in [5, 5.41) is 11.7. The molecule has 2 aromatic carbocycles. The van der Waals surface area contributed by atoms with Gasteiger partial charge >= 0.3 is 0 Å². The van der Waals surface area contributed by atoms with Crippen molar-refractivity contribution in [1.29, 1.82) is 0 Å². The third-order valence-electron chi connectivity index (χ3n) is 9.63. The molecular weight excluding hydrogens is 630 g/mol. The Morgan fingerprint density at radius 3 is 2.46 bits per heavy atom. The third kappa shape index (κ3) is 8.73. The molecule has 2 aromatic heterocycles. The van der Waals surface area contributed by atoms with Gasteiger partial charge in [0, 0.05) is 86.4 Å². The van der Waals surface area contributed by atoms with Gasteiger partial charge in [-0.1, -0.05) is 25.1 Å². The normalized spacial score (nSPS) is 16.8. The van der Waals surface area contributed by atoms with Crippen molar-refractivity contribution in [3.63, 3.8) is 0 Å². The summed E-state index contributed by atoms with van der Waals surface area (Å²) in [6.07, 6.45) is 4.12. The molecular formula is C38H47N9O3. The molecule has 12 nitrogen and oxygen atoms in total. The number of hydrogen-bond donors (Lipinski definition) is 2. The lowest BCUT2D eigenvalue weighted by molar-refractivity contribution is 0.0336. The summed E-state index contributed by atoms with van der Waals surface area (Å²) >= 11 is 0. The summed E-state index contributed by atoms with van der Waals surface area (Å²) in [6, 6.07) is 17.2. The lowest BCUT2D eigenvalue weighted by Gasteiger charge is -2.26. The maximum absolute atomic E-state index is 13.4. The highest BCUT2D eigenvalue weighted by molar-refractivity contribution is 6.04. The third-order valence-corrected chi connectivity index (χ3v) is 9.63. The predicted octanol–water partition coefficient (Wildman–Crippen LogP) is 5.61. The summed E-state index contributed by atoms with van der Waals surface area (Å²) in [5.74, 6) is 1.23. The Labute approximate surface area is 294 Å². The lowest BCUT2D eigenvalue weighted by atomic mass is 9.89. The van der Waals surface area contributed by atoms with E-state index in [9.17, 15) is 4.79 Å². The number of carbonyl (C=O) groups is 1. The van der Waals surface area contributed by atoms with Gasteiger partial charge in [-0.2, -0.15) is 9.78 Å². The van der Waals surface area contributed by atoms with Crippen LogP contribution in [-0.2, 0) is 28.0 Å². The standard InChI is InChI=1S/C38H47N9O3/c1-5-38(3,39-4)30-9-6-8-29(22-30)37(48)42-32-12-11-28(2)34(23-32)43-36-25-33(26-46-16-20-50-21-17-46)44-47(36)35-24-31(40-27-41-35)10-7-13-45-14-18-49-19-15-45/h6,8-9,11-12,22-25,27,43H,5,7,10,13-21,26H2,1-3H3,(H,42,48). The molecule has 1 amide bonds. The molecule has 1 unspecified atom stereocenters. The van der Waals surface area contributed by atoms with E-state index in [0.717, 1.165) is 92.8 Å². The second kappa shape index (κ2) is 16.4. The molecule has 2 aliphatic rings. The molecule has 4 heterocycles. The molecule has 0 radical (unpaired) electrons. The first kappa shape index (κ1) is 35.2. The van der Waals surface area contributed by atoms with E-state index in [1.165, 1.54) is 0 Å². The average Bonchev–Trinajstić information content (AvgIpc) is 3.55. The second-order valence-electron chi connectivity index (χ2n) is 13.2. The van der Waals surface area contributed by atoms with E-state index in [-0.39, 0.29) is 5.91 Å². The van der Waals surface area contributed by atoms with Crippen molar-refractivity contribution in [2.45, 2.75) is 52.1 Å². The maximum Gasteiger partial charge on any atom is 0.255 e. The number of hydrogen-bond acceptors (Lipinski definition) is 9. The molecule has 50 heavy (non-hydrogen) atoms. The van der Waals surface area contributed by atoms with Crippen LogP contribution in [0.4, 0.5) is 17.2 Å². The number of aromatic nitrogens is 4. The number of ether oxygens (including phenoxy) is 2. The molecule has 2 saturated heterocycles. The van der Waals surface area contributed by atoms with Crippen molar-refractivity contribution in [2.75, 3.05) is 69.8 Å². The smallest absolute Gasteiger partial charge is 0.255 e. The second-order valence-corrected chi connectivity index (χ2v) is 13.2. The van der Waals surface area contributed by atoms with Crippen LogP contribution in [0.5, 0.6) is 0 Å². The molecule has 0 bridgehead atoms. The lowest BCUT2D eigenvalue weighted by Crippen LogP contribution is -2.36. The number of aryl methyl sites for hydroxylation is 2. The number of morpholine rings is 2. The van der Waals surface area contributed by atoms with Gasteiger partial charge in [-0.15, -0.1) is 0 Å². The highest BCUT2D eigenvalue weighted by atomic mass is 16.5. The highest BCUT2D eigenvalue weighted by Gasteiger charge is 2.31. The Kier molecular flexibility index (Phi) is 11.5. The number of nitrogens with zero attached hydrogens (tertiary/aromatic N) is 7. The van der Waals surface area contributed by atoms with E-state index in [1.54, 1.807) is 12.4 Å². The number of rotatable bonds is 13. The van der Waals surface area contributed by atoms with Crippen LogP contribution in [0.3, 0.4) is 0 Å². The zero-order chi connectivity index (χ0) is 34.9. The van der Waals surface area contributed by atoms with Crippen LogP contribution in [0.2, 0.25) is 0 Å². The highest BCUT2D eigenvalue weighted by Crippen LogP contribution is 2.31. The van der Waals surface area contributed by atoms with Gasteiger partial charge in [-0.3, -0.25) is 14.6 Å². The van der Waals surface area contributed by atoms with Crippen molar-refractivity contribution < 1.29 is 14.3 Å². The predicted molar refractivity (Wildman–Crippen MR) is 194 cm³/mol. The van der Waals surface area contributed by atoms with Crippen LogP contribution in [0, 0.1) is 13.5 Å². The number of anilines is 3. The van der Waals surface area contributed by atoms with Gasteiger partial charge in [0.15, 0.2) is 5.82 Å². The van der Waals surface area contributed by atoms with Gasteiger partial charge in [0.25, 0.3) is 11.4 Å². The summed E-state index contributed by atoms with van der Waals surface area (Å²) < 4.78 is 12.9. The van der Waals surface area contributed by atoms with Gasteiger partial charge in [0.1, 0.15) is 12.1 Å². The largest absolute Gasteiger partial charge is 0.379 e. The van der Waals surface area contributed by atoms with Crippen LogP contribution < -0.4 is 10.6 Å². The average molecular weight is 678 g/mol. The fraction of sp³-hybridized carbons (Fsp3) is 0.447. The molecule has 4 aromatic rings. The number of nitrogens with one attached hydrogen (secondary N) is 2. The molecule has 0 spiro atoms. The Hall–Kier alpha value is -4.67. The first-order chi connectivity index (χ1) is 24.3. The first-order valence-electron chi connectivity index (χ1n) is 17.5. The minimum Gasteiger partial charge on any atom is -0.379 e. The minimum atomic E-state index is -0.672. The number of carbonyl (C=O) groups excluding carboxylic acids is 1. The number of amides is 1. The molecule has 0 aliphatic carbocycles. The summed E-state index contributed by atoms with van der Waals surface area (Å²) in [5.41, 5.74) is 5.06. The molecule has 1 atom stereocenters. The molecule has 2 aliphatic heterocycles. The van der Waals surface area contributed by atoms with E-state index >= 15 is 0 Å². The van der Waals surface area contributed by atoms with Crippen molar-refractivity contribution in [2.24, 2.45) is 0 Å². The monoisotopic (exact) mass is 677 g/mol. The Morgan fingerprint density at radius 2 is 1.72 bits per heavy atom. The molecule has 0 saturated carbocycles. The van der Waals surface area contributed by atoms with Crippen LogP contribution in [-0.4, -0.2) is 94.6 Å². The topological polar surface area (TPSA) is 114 Å². The van der Waals surface area contributed by atoms with Gasteiger partial charge < -0.3 is 25.0 Å². The fourth-order valence-corrected chi connectivity index (χ4v) is 6.23. The maximum atomic E-state index is 13.4. The quantitative estimate of drug-likeness (QED) is 0.175. The molecule has 6 rings (SSSR count). The van der Waals surface area contributed by atoms with Gasteiger partial charge in [0.2, 0.25) is 0 Å². The van der Waals surface area contributed by atoms with Crippen LogP contribution in [0.15, 0.2) is 60.9 Å². The zero-order valence-electron chi connectivity index (χ0n) is 29.3. The zero-order valence-corrected chi connectivity index (χ0v) is 29.3. The summed E-state index contributed by atoms with van der Waals surface area (Å²) in [7, 11) is 0. The van der Waals surface area contributed by atoms with Crippen molar-refractivity contribution >= 4 is 23.1 Å². The SMILES string of the molecule is [C-]#[N+]C(C)(CC)c1cccc(C(=O)Nc2ccc(C)c(Nc3cc(CN4CCOCC4)nn3-c3cc(CCCN4CCOCC4)ncn3)c2)c1. The Morgan fingerprint density at radius 1 is 0.960 bits per heavy atom. The summed E-state index contributed by atoms with van der Waals surface area (Å²) in [6.45, 7) is 22.0. The van der Waals surface area contributed by atoms with E-state index in [1.807, 2.05) is 67.9 Å². The Bertz CT molecular complexity index is 1810. The van der Waals surface area contributed by atoms with Crippen LogP contribution in [0.25, 0.3) is 10.7 Å². The van der Waals surface area contributed by atoms with E-state index < -0.39 is 5.54 Å². The summed E-state index contributed by atoms with van der Waals surface area (Å²) in [4.78, 5) is 31.2. The Balaban J connectivity index is 1.22. The van der Waals surface area contributed by atoms with E-state index in [2.05, 4.69) is 41.3 Å². The fourth-order valence-electron chi connectivity index (χ4n) is 6.23. The molecule has 2 N–H and O–H groups in total. The van der Waals surface area contributed by atoms with E-state index in [0.29, 0.717) is 43.2 Å². The van der Waals surface area contributed by atoms with Gasteiger partial charge in [0.05, 0.1) is 32.1 Å². The minimum absolute atomic E-state index is 0.231. The van der Waals surface area contributed by atoms with Gasteiger partial charge in [-0.05, 0) is 56.1 Å². The molecule has 2 fully saturated rings. The van der Waals surface area contributed by atoms with Gasteiger partial charge in [-0.25, -0.2) is 16.5 Å². The molecule has 12 heteroatoms. The first-order valence-corrected chi connectivity index (χ1v) is 17.5. The van der Waals surface area contributed by atoms with E-state index in [4.69, 9.17) is 21.1 Å². The van der Waals surface area contributed by atoms with Crippen LogP contribution in [0.1, 0.15) is 59.6 Å². The van der Waals surface area contributed by atoms with Crippen molar-refractivity contribution in [3.8, 4) is 5.82 Å². The van der Waals surface area contributed by atoms with Crippen molar-refractivity contribution in [3.05, 3.63) is 100 Å². The molecule has 262 valence electrons. The van der Waals surface area contributed by atoms with Crippen molar-refractivity contribution in [1.82, 2.24) is 29.5 Å².